The molecule has 28 heavy (non-hydrogen) atoms. The standard InChI is InChI=1S/C24H24N2O2/c1-16-23(17-10-4-6-12-19(17)25-16)24(18-11-5-8-14-21(18)27-2)26-20-13-7-9-15-22(20)28-3/h4-15,24-26H,1-3H3/t24-/m0/s1. The molecule has 0 bridgehead atoms. The molecular formula is C24H24N2O2. The van der Waals surface area contributed by atoms with Gasteiger partial charge in [-0.3, -0.25) is 0 Å². The van der Waals surface area contributed by atoms with Gasteiger partial charge < -0.3 is 19.8 Å². The van der Waals surface area contributed by atoms with Crippen molar-refractivity contribution in [1.82, 2.24) is 4.98 Å². The van der Waals surface area contributed by atoms with Crippen LogP contribution >= 0.6 is 0 Å². The van der Waals surface area contributed by atoms with Crippen LogP contribution in [0.25, 0.3) is 10.9 Å². The maximum atomic E-state index is 5.69. The average Bonchev–Trinajstić information content (AvgIpc) is 3.08. The Hall–Kier alpha value is -3.40. The number of ether oxygens (including phenoxy) is 2. The van der Waals surface area contributed by atoms with Gasteiger partial charge in [0, 0.05) is 27.7 Å². The zero-order valence-electron chi connectivity index (χ0n) is 16.3. The molecule has 0 unspecified atom stereocenters. The normalized spacial score (nSPS) is 12.0. The van der Waals surface area contributed by atoms with E-state index < -0.39 is 0 Å². The molecule has 0 saturated carbocycles. The Kier molecular flexibility index (Phi) is 4.94. The fourth-order valence-electron chi connectivity index (χ4n) is 3.80. The maximum Gasteiger partial charge on any atom is 0.141 e. The first-order chi connectivity index (χ1) is 13.7. The van der Waals surface area contributed by atoms with Crippen molar-refractivity contribution >= 4 is 16.6 Å². The summed E-state index contributed by atoms with van der Waals surface area (Å²) in [6, 6.07) is 24.4. The van der Waals surface area contributed by atoms with Gasteiger partial charge in [-0.15, -0.1) is 0 Å². The molecule has 4 nitrogen and oxygen atoms in total. The van der Waals surface area contributed by atoms with Crippen LogP contribution < -0.4 is 14.8 Å². The molecule has 1 atom stereocenters. The van der Waals surface area contributed by atoms with Crippen molar-refractivity contribution in [2.75, 3.05) is 19.5 Å². The Morgan fingerprint density at radius 2 is 1.43 bits per heavy atom. The lowest BCUT2D eigenvalue weighted by Crippen LogP contribution is -2.15. The minimum absolute atomic E-state index is 0.108. The number of fused-ring (bicyclic) bond motifs is 1. The second kappa shape index (κ2) is 7.69. The fraction of sp³-hybridized carbons (Fsp3) is 0.167. The van der Waals surface area contributed by atoms with E-state index in [-0.39, 0.29) is 6.04 Å². The van der Waals surface area contributed by atoms with Crippen molar-refractivity contribution in [1.29, 1.82) is 0 Å². The van der Waals surface area contributed by atoms with Gasteiger partial charge in [0.25, 0.3) is 0 Å². The Labute approximate surface area is 165 Å². The first kappa shape index (κ1) is 18.0. The van der Waals surface area contributed by atoms with Gasteiger partial charge in [0.05, 0.1) is 25.9 Å². The van der Waals surface area contributed by atoms with Gasteiger partial charge in [-0.25, -0.2) is 0 Å². The molecule has 4 heteroatoms. The molecule has 0 fully saturated rings. The van der Waals surface area contributed by atoms with E-state index in [9.17, 15) is 0 Å². The third kappa shape index (κ3) is 3.18. The van der Waals surface area contributed by atoms with Crippen molar-refractivity contribution in [3.63, 3.8) is 0 Å². The number of methoxy groups -OCH3 is 2. The molecule has 1 aromatic heterocycles. The molecule has 0 radical (unpaired) electrons. The highest BCUT2D eigenvalue weighted by atomic mass is 16.5. The quantitative estimate of drug-likeness (QED) is 0.457. The smallest absolute Gasteiger partial charge is 0.141 e. The number of nitrogens with one attached hydrogen (secondary N) is 2. The van der Waals surface area contributed by atoms with Gasteiger partial charge in [-0.1, -0.05) is 48.5 Å². The number of aromatic nitrogens is 1. The lowest BCUT2D eigenvalue weighted by Gasteiger charge is -2.24. The Morgan fingerprint density at radius 3 is 2.21 bits per heavy atom. The van der Waals surface area contributed by atoms with E-state index in [1.54, 1.807) is 14.2 Å². The highest BCUT2D eigenvalue weighted by Gasteiger charge is 2.24. The predicted molar refractivity (Wildman–Crippen MR) is 114 cm³/mol. The summed E-state index contributed by atoms with van der Waals surface area (Å²) in [6.07, 6.45) is 0. The largest absolute Gasteiger partial charge is 0.496 e. The van der Waals surface area contributed by atoms with E-state index in [1.807, 2.05) is 48.5 Å². The van der Waals surface area contributed by atoms with Crippen molar-refractivity contribution in [3.05, 3.63) is 89.6 Å². The van der Waals surface area contributed by atoms with Crippen LogP contribution in [0.5, 0.6) is 11.5 Å². The summed E-state index contributed by atoms with van der Waals surface area (Å²) in [5.74, 6) is 1.65. The fourth-order valence-corrected chi connectivity index (χ4v) is 3.80. The van der Waals surface area contributed by atoms with E-state index >= 15 is 0 Å². The van der Waals surface area contributed by atoms with Crippen LogP contribution in [-0.4, -0.2) is 19.2 Å². The summed E-state index contributed by atoms with van der Waals surface area (Å²) in [4.78, 5) is 3.52. The second-order valence-corrected chi connectivity index (χ2v) is 6.73. The lowest BCUT2D eigenvalue weighted by atomic mass is 9.94. The zero-order valence-corrected chi connectivity index (χ0v) is 16.3. The maximum absolute atomic E-state index is 5.69. The molecule has 0 aliphatic heterocycles. The summed E-state index contributed by atoms with van der Waals surface area (Å²) in [5, 5.41) is 4.89. The topological polar surface area (TPSA) is 46.3 Å². The van der Waals surface area contributed by atoms with Crippen LogP contribution in [0.1, 0.15) is 22.9 Å². The molecule has 4 rings (SSSR count). The molecule has 0 amide bonds. The van der Waals surface area contributed by atoms with E-state index in [4.69, 9.17) is 9.47 Å². The second-order valence-electron chi connectivity index (χ2n) is 6.73. The number of hydrogen-bond acceptors (Lipinski definition) is 3. The molecular weight excluding hydrogens is 348 g/mol. The number of anilines is 1. The van der Waals surface area contributed by atoms with Crippen molar-refractivity contribution < 1.29 is 9.47 Å². The zero-order chi connectivity index (χ0) is 19.5. The summed E-state index contributed by atoms with van der Waals surface area (Å²) < 4.78 is 11.3. The van der Waals surface area contributed by atoms with Crippen LogP contribution in [-0.2, 0) is 0 Å². The molecule has 2 N–H and O–H groups in total. The van der Waals surface area contributed by atoms with Gasteiger partial charge >= 0.3 is 0 Å². The van der Waals surface area contributed by atoms with Crippen molar-refractivity contribution in [3.8, 4) is 11.5 Å². The molecule has 0 saturated heterocycles. The first-order valence-corrected chi connectivity index (χ1v) is 9.32. The molecule has 4 aromatic rings. The molecule has 1 heterocycles. The van der Waals surface area contributed by atoms with E-state index in [2.05, 4.69) is 41.5 Å². The lowest BCUT2D eigenvalue weighted by molar-refractivity contribution is 0.408. The van der Waals surface area contributed by atoms with Gasteiger partial charge in [0.2, 0.25) is 0 Å². The number of hydrogen-bond donors (Lipinski definition) is 2. The summed E-state index contributed by atoms with van der Waals surface area (Å²) in [5.41, 5.74) is 5.46. The number of H-pyrrole nitrogens is 1. The third-order valence-electron chi connectivity index (χ3n) is 5.09. The monoisotopic (exact) mass is 372 g/mol. The minimum Gasteiger partial charge on any atom is -0.496 e. The molecule has 142 valence electrons. The summed E-state index contributed by atoms with van der Waals surface area (Å²) >= 11 is 0. The van der Waals surface area contributed by atoms with E-state index in [0.717, 1.165) is 34.0 Å². The van der Waals surface area contributed by atoms with Crippen LogP contribution in [0.3, 0.4) is 0 Å². The van der Waals surface area contributed by atoms with Crippen LogP contribution in [0.4, 0.5) is 5.69 Å². The molecule has 3 aromatic carbocycles. The first-order valence-electron chi connectivity index (χ1n) is 9.32. The number of aryl methyl sites for hydroxylation is 1. The SMILES string of the molecule is COc1ccccc1N[C@@H](c1ccccc1OC)c1c(C)[nH]c2ccccc12. The van der Waals surface area contributed by atoms with Crippen LogP contribution in [0.15, 0.2) is 72.8 Å². The highest BCUT2D eigenvalue weighted by Crippen LogP contribution is 2.39. The minimum atomic E-state index is -0.108. The Balaban J connectivity index is 1.92. The number of aromatic amines is 1. The number of para-hydroxylation sites is 4. The van der Waals surface area contributed by atoms with Gasteiger partial charge in [0.1, 0.15) is 11.5 Å². The van der Waals surface area contributed by atoms with Crippen molar-refractivity contribution in [2.24, 2.45) is 0 Å². The Bertz CT molecular complexity index is 1100. The van der Waals surface area contributed by atoms with E-state index in [0.29, 0.717) is 0 Å². The van der Waals surface area contributed by atoms with E-state index in [1.165, 1.54) is 10.9 Å². The summed E-state index contributed by atoms with van der Waals surface area (Å²) in [7, 11) is 3.40. The van der Waals surface area contributed by atoms with Gasteiger partial charge in [-0.2, -0.15) is 0 Å². The molecule has 0 spiro atoms. The third-order valence-corrected chi connectivity index (χ3v) is 5.09. The highest BCUT2D eigenvalue weighted by molar-refractivity contribution is 5.86. The number of benzene rings is 3. The van der Waals surface area contributed by atoms with Gasteiger partial charge in [-0.05, 0) is 31.2 Å². The van der Waals surface area contributed by atoms with Crippen LogP contribution in [0, 0.1) is 6.92 Å². The van der Waals surface area contributed by atoms with Crippen LogP contribution in [0.2, 0.25) is 0 Å². The number of rotatable bonds is 6. The molecule has 0 aliphatic rings. The summed E-state index contributed by atoms with van der Waals surface area (Å²) in [6.45, 7) is 2.11. The molecule has 0 aliphatic carbocycles. The van der Waals surface area contributed by atoms with Crippen molar-refractivity contribution in [2.45, 2.75) is 13.0 Å². The Morgan fingerprint density at radius 1 is 0.786 bits per heavy atom. The predicted octanol–water partition coefficient (Wildman–Crippen LogP) is 5.70. The average molecular weight is 372 g/mol. The van der Waals surface area contributed by atoms with Gasteiger partial charge in [0.15, 0.2) is 0 Å².